The zero-order valence-electron chi connectivity index (χ0n) is 12.9. The monoisotopic (exact) mass is 388 g/mol. The van der Waals surface area contributed by atoms with Crippen molar-refractivity contribution in [2.75, 3.05) is 0 Å². The van der Waals surface area contributed by atoms with Gasteiger partial charge in [-0.1, -0.05) is 34.1 Å². The van der Waals surface area contributed by atoms with Crippen LogP contribution in [0, 0.1) is 9.49 Å². The molecule has 0 atom stereocenters. The number of rotatable bonds is 2. The zero-order chi connectivity index (χ0) is 14.9. The van der Waals surface area contributed by atoms with Gasteiger partial charge in [-0.05, 0) is 54.2 Å². The average Bonchev–Trinajstić information content (AvgIpc) is 2.40. The van der Waals surface area contributed by atoms with Crippen LogP contribution in [0.3, 0.4) is 0 Å². The molecule has 1 heterocycles. The van der Waals surface area contributed by atoms with Gasteiger partial charge in [0.25, 0.3) is 5.56 Å². The predicted molar refractivity (Wildman–Crippen MR) is 91.3 cm³/mol. The first-order valence-corrected chi connectivity index (χ1v) is 8.71. The van der Waals surface area contributed by atoms with E-state index in [1.807, 2.05) is 0 Å². The van der Waals surface area contributed by atoms with E-state index in [1.165, 1.54) is 19.3 Å². The number of H-pyrrole nitrogens is 1. The summed E-state index contributed by atoms with van der Waals surface area (Å²) in [6.45, 7) is 8.63. The normalized spacial score (nSPS) is 23.9. The van der Waals surface area contributed by atoms with Crippen LogP contribution in [0.5, 0.6) is 0 Å². The molecule has 112 valence electrons. The molecule has 0 spiro atoms. The molecule has 0 amide bonds. The predicted octanol–water partition coefficient (Wildman–Crippen LogP) is 4.36. The van der Waals surface area contributed by atoms with Crippen LogP contribution >= 0.6 is 22.6 Å². The molecular weight excluding hydrogens is 363 g/mol. The lowest BCUT2D eigenvalue weighted by Crippen LogP contribution is -2.27. The summed E-state index contributed by atoms with van der Waals surface area (Å²) in [6.07, 6.45) is 6.12. The van der Waals surface area contributed by atoms with Gasteiger partial charge in [-0.25, -0.2) is 4.98 Å². The van der Waals surface area contributed by atoms with Crippen molar-refractivity contribution in [3.8, 4) is 0 Å². The molecule has 20 heavy (non-hydrogen) atoms. The lowest BCUT2D eigenvalue weighted by molar-refractivity contribution is 0.311. The lowest BCUT2D eigenvalue weighted by Gasteiger charge is -2.28. The Balaban J connectivity index is 2.30. The van der Waals surface area contributed by atoms with Gasteiger partial charge >= 0.3 is 0 Å². The maximum atomic E-state index is 12.2. The number of aromatic nitrogens is 2. The lowest BCUT2D eigenvalue weighted by atomic mass is 9.80. The third-order valence-electron chi connectivity index (χ3n) is 4.40. The molecule has 0 unspecified atom stereocenters. The first kappa shape index (κ1) is 16.0. The van der Waals surface area contributed by atoms with Crippen LogP contribution in [-0.4, -0.2) is 9.97 Å². The minimum Gasteiger partial charge on any atom is -0.309 e. The Morgan fingerprint density at radius 1 is 1.25 bits per heavy atom. The third kappa shape index (κ3) is 3.43. The van der Waals surface area contributed by atoms with E-state index in [4.69, 9.17) is 4.98 Å². The number of halogens is 1. The summed E-state index contributed by atoms with van der Waals surface area (Å²) in [7, 11) is 0. The molecule has 1 aromatic rings. The van der Waals surface area contributed by atoms with Crippen LogP contribution in [0.2, 0.25) is 0 Å². The van der Waals surface area contributed by atoms with E-state index in [0.29, 0.717) is 5.92 Å². The molecule has 1 fully saturated rings. The summed E-state index contributed by atoms with van der Waals surface area (Å²) in [4.78, 5) is 20.0. The van der Waals surface area contributed by atoms with Gasteiger partial charge in [0.2, 0.25) is 0 Å². The first-order chi connectivity index (χ1) is 9.32. The van der Waals surface area contributed by atoms with E-state index in [-0.39, 0.29) is 11.0 Å². The quantitative estimate of drug-likeness (QED) is 0.766. The molecule has 4 heteroatoms. The Hall–Kier alpha value is -0.390. The van der Waals surface area contributed by atoms with Gasteiger partial charge in [0.15, 0.2) is 0 Å². The highest BCUT2D eigenvalue weighted by Crippen LogP contribution is 2.36. The molecule has 0 saturated heterocycles. The van der Waals surface area contributed by atoms with Crippen LogP contribution in [0.25, 0.3) is 0 Å². The highest BCUT2D eigenvalue weighted by atomic mass is 127. The van der Waals surface area contributed by atoms with Crippen molar-refractivity contribution in [1.29, 1.82) is 0 Å². The van der Waals surface area contributed by atoms with Crippen molar-refractivity contribution in [3.63, 3.8) is 0 Å². The Bertz CT molecular complexity index is 522. The van der Waals surface area contributed by atoms with Crippen LogP contribution in [0.15, 0.2) is 4.79 Å². The SMILES string of the molecule is CCC1CCC(c2nc(C(C)(C)C)c(I)c(=O)[nH]2)CC1. The zero-order valence-corrected chi connectivity index (χ0v) is 15.1. The summed E-state index contributed by atoms with van der Waals surface area (Å²) in [5.74, 6) is 2.21. The Morgan fingerprint density at radius 2 is 1.85 bits per heavy atom. The highest BCUT2D eigenvalue weighted by Gasteiger charge is 2.27. The van der Waals surface area contributed by atoms with Gasteiger partial charge < -0.3 is 4.98 Å². The van der Waals surface area contributed by atoms with Crippen molar-refractivity contribution in [1.82, 2.24) is 9.97 Å². The van der Waals surface area contributed by atoms with E-state index in [9.17, 15) is 4.79 Å². The van der Waals surface area contributed by atoms with Gasteiger partial charge in [0, 0.05) is 11.3 Å². The Kier molecular flexibility index (Phi) is 4.92. The molecule has 1 aromatic heterocycles. The number of aromatic amines is 1. The fourth-order valence-electron chi connectivity index (χ4n) is 3.01. The molecule has 0 radical (unpaired) electrons. The van der Waals surface area contributed by atoms with Gasteiger partial charge in [0.1, 0.15) is 9.39 Å². The van der Waals surface area contributed by atoms with Crippen molar-refractivity contribution >= 4 is 22.6 Å². The maximum Gasteiger partial charge on any atom is 0.264 e. The number of nitrogens with one attached hydrogen (secondary N) is 1. The van der Waals surface area contributed by atoms with Crippen LogP contribution in [0.1, 0.15) is 77.2 Å². The van der Waals surface area contributed by atoms with E-state index < -0.39 is 0 Å². The molecule has 0 aliphatic heterocycles. The molecule has 1 N–H and O–H groups in total. The fraction of sp³-hybridized carbons (Fsp3) is 0.750. The number of hydrogen-bond acceptors (Lipinski definition) is 2. The third-order valence-corrected chi connectivity index (χ3v) is 5.40. The maximum absolute atomic E-state index is 12.2. The second-order valence-corrected chi connectivity index (χ2v) is 8.07. The van der Waals surface area contributed by atoms with Crippen LogP contribution < -0.4 is 5.56 Å². The summed E-state index contributed by atoms with van der Waals surface area (Å²) >= 11 is 2.12. The van der Waals surface area contributed by atoms with E-state index in [0.717, 1.165) is 33.8 Å². The second-order valence-electron chi connectivity index (χ2n) is 6.99. The molecule has 3 nitrogen and oxygen atoms in total. The van der Waals surface area contributed by atoms with Gasteiger partial charge in [-0.15, -0.1) is 0 Å². The largest absolute Gasteiger partial charge is 0.309 e. The van der Waals surface area contributed by atoms with Crippen molar-refractivity contribution in [2.24, 2.45) is 5.92 Å². The standard InChI is InChI=1S/C16H25IN2O/c1-5-10-6-8-11(9-7-10)14-18-13(16(2,3)4)12(17)15(20)19-14/h10-11H,5-9H2,1-4H3,(H,18,19,20). The molecule has 2 rings (SSSR count). The molecule has 0 aromatic carbocycles. The summed E-state index contributed by atoms with van der Waals surface area (Å²) < 4.78 is 0.737. The highest BCUT2D eigenvalue weighted by molar-refractivity contribution is 14.1. The van der Waals surface area contributed by atoms with Crippen molar-refractivity contribution in [3.05, 3.63) is 25.4 Å². The molecular formula is C16H25IN2O. The second kappa shape index (κ2) is 6.16. The fourth-order valence-corrected chi connectivity index (χ4v) is 4.08. The smallest absolute Gasteiger partial charge is 0.264 e. The topological polar surface area (TPSA) is 45.8 Å². The van der Waals surface area contributed by atoms with E-state index in [1.54, 1.807) is 0 Å². The first-order valence-electron chi connectivity index (χ1n) is 7.63. The number of hydrogen-bond donors (Lipinski definition) is 1. The van der Waals surface area contributed by atoms with Crippen molar-refractivity contribution < 1.29 is 0 Å². The minimum absolute atomic E-state index is 0.0261. The minimum atomic E-state index is -0.0832. The average molecular weight is 388 g/mol. The Morgan fingerprint density at radius 3 is 2.35 bits per heavy atom. The van der Waals surface area contributed by atoms with Gasteiger partial charge in [0.05, 0.1) is 5.69 Å². The summed E-state index contributed by atoms with van der Waals surface area (Å²) in [5, 5.41) is 0. The van der Waals surface area contributed by atoms with Crippen molar-refractivity contribution in [2.45, 2.75) is 71.1 Å². The van der Waals surface area contributed by atoms with Crippen LogP contribution in [0.4, 0.5) is 0 Å². The molecule has 1 saturated carbocycles. The van der Waals surface area contributed by atoms with Gasteiger partial charge in [-0.3, -0.25) is 4.79 Å². The van der Waals surface area contributed by atoms with Gasteiger partial charge in [-0.2, -0.15) is 0 Å². The van der Waals surface area contributed by atoms with Crippen LogP contribution in [-0.2, 0) is 5.41 Å². The molecule has 1 aliphatic carbocycles. The molecule has 1 aliphatic rings. The molecule has 0 bridgehead atoms. The van der Waals surface area contributed by atoms with E-state index >= 15 is 0 Å². The van der Waals surface area contributed by atoms with E-state index in [2.05, 4.69) is 55.3 Å². The number of nitrogens with zero attached hydrogens (tertiary/aromatic N) is 1. The Labute approximate surface area is 135 Å². The summed E-state index contributed by atoms with van der Waals surface area (Å²) in [6, 6.07) is 0. The summed E-state index contributed by atoms with van der Waals surface area (Å²) in [5.41, 5.74) is 0.882.